The fourth-order valence-corrected chi connectivity index (χ4v) is 2.23. The molecule has 1 atom stereocenters. The van der Waals surface area contributed by atoms with Crippen molar-refractivity contribution in [2.75, 3.05) is 0 Å². The minimum atomic E-state index is -0.207. The molecule has 0 saturated heterocycles. The Morgan fingerprint density at radius 2 is 1.53 bits per heavy atom. The number of hydrogen-bond acceptors (Lipinski definition) is 1. The summed E-state index contributed by atoms with van der Waals surface area (Å²) in [6.45, 7) is 14.8. The zero-order valence-electron chi connectivity index (χ0n) is 13.3. The minimum Gasteiger partial charge on any atom is -0.346 e. The standard InChI is InChI=1S/C17H27NO/c1-8-17(7,16(4,5)6)18-15(19)14-10-12(2)9-13(3)11-14/h9-11H,8H2,1-7H3,(H,18,19)/t17-/m1/s1. The summed E-state index contributed by atoms with van der Waals surface area (Å²) in [5.41, 5.74) is 2.82. The van der Waals surface area contributed by atoms with Gasteiger partial charge >= 0.3 is 0 Å². The second-order valence-corrected chi connectivity index (χ2v) is 6.77. The summed E-state index contributed by atoms with van der Waals surface area (Å²) in [4.78, 5) is 12.5. The summed E-state index contributed by atoms with van der Waals surface area (Å²) in [6.07, 6.45) is 0.910. The molecule has 0 unspecified atom stereocenters. The molecular formula is C17H27NO. The fraction of sp³-hybridized carbons (Fsp3) is 0.588. The van der Waals surface area contributed by atoms with E-state index >= 15 is 0 Å². The van der Waals surface area contributed by atoms with Crippen molar-refractivity contribution < 1.29 is 4.79 Å². The van der Waals surface area contributed by atoms with Gasteiger partial charge in [0, 0.05) is 11.1 Å². The predicted molar refractivity (Wildman–Crippen MR) is 81.5 cm³/mol. The first-order chi connectivity index (χ1) is 8.59. The average Bonchev–Trinajstić information content (AvgIpc) is 2.25. The third kappa shape index (κ3) is 3.59. The lowest BCUT2D eigenvalue weighted by molar-refractivity contribution is 0.0791. The quantitative estimate of drug-likeness (QED) is 0.866. The van der Waals surface area contributed by atoms with Crippen LogP contribution in [-0.4, -0.2) is 11.4 Å². The van der Waals surface area contributed by atoms with E-state index in [0.29, 0.717) is 0 Å². The Balaban J connectivity index is 3.02. The molecule has 1 aromatic carbocycles. The molecule has 0 aromatic heterocycles. The fourth-order valence-electron chi connectivity index (χ4n) is 2.23. The molecule has 0 fully saturated rings. The third-order valence-electron chi connectivity index (χ3n) is 4.24. The van der Waals surface area contributed by atoms with Crippen molar-refractivity contribution in [1.29, 1.82) is 0 Å². The number of benzene rings is 1. The highest BCUT2D eigenvalue weighted by Gasteiger charge is 2.37. The van der Waals surface area contributed by atoms with Crippen LogP contribution in [0.5, 0.6) is 0 Å². The molecule has 2 heteroatoms. The van der Waals surface area contributed by atoms with E-state index < -0.39 is 0 Å². The molecule has 0 aliphatic heterocycles. The van der Waals surface area contributed by atoms with Crippen LogP contribution in [0.3, 0.4) is 0 Å². The molecule has 1 aromatic rings. The molecule has 0 radical (unpaired) electrons. The summed E-state index contributed by atoms with van der Waals surface area (Å²) in [7, 11) is 0. The van der Waals surface area contributed by atoms with Crippen molar-refractivity contribution in [3.05, 3.63) is 34.9 Å². The maximum Gasteiger partial charge on any atom is 0.251 e. The molecular weight excluding hydrogens is 234 g/mol. The Kier molecular flexibility index (Phi) is 4.44. The summed E-state index contributed by atoms with van der Waals surface area (Å²) in [6, 6.07) is 5.97. The maximum atomic E-state index is 12.5. The van der Waals surface area contributed by atoms with Gasteiger partial charge < -0.3 is 5.32 Å². The minimum absolute atomic E-state index is 0.0195. The van der Waals surface area contributed by atoms with Crippen LogP contribution in [0.15, 0.2) is 18.2 Å². The number of carbonyl (C=O) groups excluding carboxylic acids is 1. The first kappa shape index (κ1) is 15.7. The van der Waals surface area contributed by atoms with Crippen LogP contribution in [0.2, 0.25) is 0 Å². The van der Waals surface area contributed by atoms with Crippen LogP contribution in [0.4, 0.5) is 0 Å². The number of carbonyl (C=O) groups is 1. The second kappa shape index (κ2) is 5.36. The van der Waals surface area contributed by atoms with Crippen molar-refractivity contribution in [3.63, 3.8) is 0 Å². The molecule has 0 saturated carbocycles. The van der Waals surface area contributed by atoms with Gasteiger partial charge in [0.25, 0.3) is 5.91 Å². The molecule has 1 N–H and O–H groups in total. The van der Waals surface area contributed by atoms with Crippen molar-refractivity contribution in [3.8, 4) is 0 Å². The van der Waals surface area contributed by atoms with Crippen LogP contribution in [0, 0.1) is 19.3 Å². The normalized spacial score (nSPS) is 14.9. The lowest BCUT2D eigenvalue weighted by Gasteiger charge is -2.42. The second-order valence-electron chi connectivity index (χ2n) is 6.77. The largest absolute Gasteiger partial charge is 0.346 e. The van der Waals surface area contributed by atoms with Gasteiger partial charge in [-0.2, -0.15) is 0 Å². The van der Waals surface area contributed by atoms with Crippen LogP contribution in [0.25, 0.3) is 0 Å². The van der Waals surface area contributed by atoms with E-state index in [4.69, 9.17) is 0 Å². The van der Waals surface area contributed by atoms with Crippen molar-refractivity contribution >= 4 is 5.91 Å². The van der Waals surface area contributed by atoms with Crippen molar-refractivity contribution in [1.82, 2.24) is 5.32 Å². The highest BCUT2D eigenvalue weighted by atomic mass is 16.1. The van der Waals surface area contributed by atoms with E-state index in [1.54, 1.807) is 0 Å². The van der Waals surface area contributed by atoms with Gasteiger partial charge in [0.15, 0.2) is 0 Å². The van der Waals surface area contributed by atoms with Gasteiger partial charge in [-0.25, -0.2) is 0 Å². The van der Waals surface area contributed by atoms with Gasteiger partial charge in [-0.3, -0.25) is 4.79 Å². The van der Waals surface area contributed by atoms with E-state index in [1.807, 2.05) is 26.0 Å². The van der Waals surface area contributed by atoms with Crippen molar-refractivity contribution in [2.45, 2.75) is 60.4 Å². The SMILES string of the molecule is CC[C@@](C)(NC(=O)c1cc(C)cc(C)c1)C(C)(C)C. The van der Waals surface area contributed by atoms with Gasteiger partial charge in [-0.05, 0) is 44.7 Å². The molecule has 0 heterocycles. The van der Waals surface area contributed by atoms with E-state index in [0.717, 1.165) is 23.1 Å². The summed E-state index contributed by atoms with van der Waals surface area (Å²) >= 11 is 0. The lowest BCUT2D eigenvalue weighted by Crippen LogP contribution is -2.54. The first-order valence-electron chi connectivity index (χ1n) is 7.00. The molecule has 0 bridgehead atoms. The Bertz CT molecular complexity index is 450. The van der Waals surface area contributed by atoms with Gasteiger partial charge in [0.1, 0.15) is 0 Å². The van der Waals surface area contributed by atoms with E-state index in [1.165, 1.54) is 0 Å². The summed E-state index contributed by atoms with van der Waals surface area (Å²) < 4.78 is 0. The van der Waals surface area contributed by atoms with E-state index in [-0.39, 0.29) is 16.9 Å². The first-order valence-corrected chi connectivity index (χ1v) is 7.00. The maximum absolute atomic E-state index is 12.5. The molecule has 1 rings (SSSR count). The number of aryl methyl sites for hydroxylation is 2. The summed E-state index contributed by atoms with van der Waals surface area (Å²) in [5.74, 6) is 0.0195. The van der Waals surface area contributed by atoms with E-state index in [9.17, 15) is 4.79 Å². The van der Waals surface area contributed by atoms with Crippen LogP contribution in [0.1, 0.15) is 62.5 Å². The Morgan fingerprint density at radius 1 is 1.05 bits per heavy atom. The Labute approximate surface area is 117 Å². The lowest BCUT2D eigenvalue weighted by atomic mass is 9.73. The number of amides is 1. The zero-order chi connectivity index (χ0) is 14.8. The summed E-state index contributed by atoms with van der Waals surface area (Å²) in [5, 5.41) is 3.21. The third-order valence-corrected chi connectivity index (χ3v) is 4.24. The van der Waals surface area contributed by atoms with Gasteiger partial charge in [0.05, 0.1) is 0 Å². The molecule has 1 amide bonds. The van der Waals surface area contributed by atoms with Crippen LogP contribution >= 0.6 is 0 Å². The van der Waals surface area contributed by atoms with Gasteiger partial charge in [-0.15, -0.1) is 0 Å². The van der Waals surface area contributed by atoms with Gasteiger partial charge in [0.2, 0.25) is 0 Å². The van der Waals surface area contributed by atoms with Gasteiger partial charge in [-0.1, -0.05) is 44.9 Å². The Hall–Kier alpha value is -1.31. The zero-order valence-corrected chi connectivity index (χ0v) is 13.3. The monoisotopic (exact) mass is 261 g/mol. The van der Waals surface area contributed by atoms with Crippen LogP contribution < -0.4 is 5.32 Å². The Morgan fingerprint density at radius 3 is 1.89 bits per heavy atom. The molecule has 2 nitrogen and oxygen atoms in total. The van der Waals surface area contributed by atoms with Crippen LogP contribution in [-0.2, 0) is 0 Å². The molecule has 106 valence electrons. The molecule has 0 spiro atoms. The smallest absolute Gasteiger partial charge is 0.251 e. The predicted octanol–water partition coefficient (Wildman–Crippen LogP) is 4.25. The highest BCUT2D eigenvalue weighted by molar-refractivity contribution is 5.95. The van der Waals surface area contributed by atoms with E-state index in [2.05, 4.69) is 46.0 Å². The molecule has 19 heavy (non-hydrogen) atoms. The number of hydrogen-bond donors (Lipinski definition) is 1. The highest BCUT2D eigenvalue weighted by Crippen LogP contribution is 2.33. The average molecular weight is 261 g/mol. The number of nitrogens with one attached hydrogen (secondary N) is 1. The topological polar surface area (TPSA) is 29.1 Å². The van der Waals surface area contributed by atoms with Crippen molar-refractivity contribution in [2.24, 2.45) is 5.41 Å². The molecule has 0 aliphatic carbocycles. The molecule has 0 aliphatic rings. The number of rotatable bonds is 3.